The molecule has 0 aliphatic carbocycles. The van der Waals surface area contributed by atoms with Gasteiger partial charge in [0.1, 0.15) is 16.0 Å². The van der Waals surface area contributed by atoms with Gasteiger partial charge in [0, 0.05) is 6.04 Å². The van der Waals surface area contributed by atoms with Crippen molar-refractivity contribution >= 4 is 15.9 Å². The van der Waals surface area contributed by atoms with Crippen molar-refractivity contribution in [3.8, 4) is 11.5 Å². The molecule has 0 spiro atoms. The number of hydrogen-bond donors (Lipinski definition) is 1. The minimum atomic E-state index is 0.243. The number of nitrogens with one attached hydrogen (secondary N) is 1. The summed E-state index contributed by atoms with van der Waals surface area (Å²) >= 11 is 3.56. The molecule has 0 aliphatic rings. The molecular weight excluding hydrogens is 330 g/mol. The van der Waals surface area contributed by atoms with Crippen molar-refractivity contribution in [3.05, 3.63) is 22.2 Å². The van der Waals surface area contributed by atoms with Crippen molar-refractivity contribution in [2.45, 2.75) is 46.6 Å². The van der Waals surface area contributed by atoms with Gasteiger partial charge in [0.15, 0.2) is 0 Å². The third kappa shape index (κ3) is 4.89. The van der Waals surface area contributed by atoms with Crippen LogP contribution in [0.3, 0.4) is 0 Å². The molecule has 0 saturated carbocycles. The van der Waals surface area contributed by atoms with Gasteiger partial charge in [0.25, 0.3) is 0 Å². The topological polar surface area (TPSA) is 30.5 Å². The summed E-state index contributed by atoms with van der Waals surface area (Å²) in [5, 5.41) is 3.59. The van der Waals surface area contributed by atoms with E-state index < -0.39 is 0 Å². The van der Waals surface area contributed by atoms with Crippen LogP contribution in [-0.2, 0) is 6.42 Å². The van der Waals surface area contributed by atoms with Crippen molar-refractivity contribution in [3.63, 3.8) is 0 Å². The average molecular weight is 358 g/mol. The first kappa shape index (κ1) is 18.3. The van der Waals surface area contributed by atoms with Crippen LogP contribution in [0.4, 0.5) is 0 Å². The Morgan fingerprint density at radius 2 is 1.86 bits per heavy atom. The summed E-state index contributed by atoms with van der Waals surface area (Å²) in [6, 6.07) is 4.56. The molecular formula is C17H28BrNO2. The van der Waals surface area contributed by atoms with Gasteiger partial charge in [-0.1, -0.05) is 33.8 Å². The van der Waals surface area contributed by atoms with E-state index in [1.54, 1.807) is 14.2 Å². The summed E-state index contributed by atoms with van der Waals surface area (Å²) < 4.78 is 11.8. The van der Waals surface area contributed by atoms with Gasteiger partial charge in [-0.25, -0.2) is 0 Å². The van der Waals surface area contributed by atoms with E-state index >= 15 is 0 Å². The Morgan fingerprint density at radius 3 is 2.33 bits per heavy atom. The fraction of sp³-hybridized carbons (Fsp3) is 0.647. The van der Waals surface area contributed by atoms with Gasteiger partial charge in [-0.05, 0) is 52.4 Å². The number of halogens is 1. The van der Waals surface area contributed by atoms with E-state index in [4.69, 9.17) is 9.47 Å². The second-order valence-electron chi connectivity index (χ2n) is 6.29. The fourth-order valence-corrected chi connectivity index (χ4v) is 3.25. The predicted octanol–water partition coefficient (Wildman–Crippen LogP) is 4.42. The number of benzene rings is 1. The van der Waals surface area contributed by atoms with Crippen LogP contribution in [0.2, 0.25) is 0 Å². The molecule has 1 aromatic carbocycles. The molecule has 0 aliphatic heterocycles. The smallest absolute Gasteiger partial charge is 0.139 e. The molecule has 0 bridgehead atoms. The lowest BCUT2D eigenvalue weighted by Crippen LogP contribution is -2.40. The highest BCUT2D eigenvalue weighted by Gasteiger charge is 2.24. The molecule has 1 rings (SSSR count). The predicted molar refractivity (Wildman–Crippen MR) is 92.5 cm³/mol. The minimum Gasteiger partial charge on any atom is -0.495 e. The first-order valence-corrected chi connectivity index (χ1v) is 8.27. The zero-order valence-corrected chi connectivity index (χ0v) is 15.6. The third-order valence-electron chi connectivity index (χ3n) is 3.77. The summed E-state index contributed by atoms with van der Waals surface area (Å²) in [5.41, 5.74) is 1.45. The number of hydrogen-bond acceptors (Lipinski definition) is 3. The average Bonchev–Trinajstić information content (AvgIpc) is 2.42. The van der Waals surface area contributed by atoms with Crippen LogP contribution < -0.4 is 14.8 Å². The maximum absolute atomic E-state index is 5.55. The Morgan fingerprint density at radius 1 is 1.19 bits per heavy atom. The van der Waals surface area contributed by atoms with Crippen LogP contribution in [0.15, 0.2) is 16.6 Å². The van der Waals surface area contributed by atoms with E-state index in [9.17, 15) is 0 Å². The van der Waals surface area contributed by atoms with Gasteiger partial charge >= 0.3 is 0 Å². The van der Waals surface area contributed by atoms with Crippen molar-refractivity contribution in [1.82, 2.24) is 5.32 Å². The second kappa shape index (κ2) is 8.04. The Hall–Kier alpha value is -0.740. The first-order valence-electron chi connectivity index (χ1n) is 7.47. The van der Waals surface area contributed by atoms with Crippen LogP contribution in [0.5, 0.6) is 11.5 Å². The molecule has 0 amide bonds. The second-order valence-corrected chi connectivity index (χ2v) is 7.08. The summed E-state index contributed by atoms with van der Waals surface area (Å²) in [6.07, 6.45) is 2.05. The largest absolute Gasteiger partial charge is 0.495 e. The van der Waals surface area contributed by atoms with Gasteiger partial charge in [0.2, 0.25) is 0 Å². The molecule has 0 aromatic heterocycles. The molecule has 3 nitrogen and oxygen atoms in total. The van der Waals surface area contributed by atoms with Gasteiger partial charge in [-0.2, -0.15) is 0 Å². The van der Waals surface area contributed by atoms with Crippen LogP contribution in [0.1, 0.15) is 39.7 Å². The molecule has 120 valence electrons. The van der Waals surface area contributed by atoms with E-state index in [0.29, 0.717) is 6.04 Å². The zero-order chi connectivity index (χ0) is 16.0. The van der Waals surface area contributed by atoms with Crippen LogP contribution in [0.25, 0.3) is 0 Å². The van der Waals surface area contributed by atoms with Gasteiger partial charge in [0.05, 0.1) is 14.2 Å². The minimum absolute atomic E-state index is 0.243. The molecule has 0 heterocycles. The Balaban J connectivity index is 2.90. The number of aryl methyl sites for hydroxylation is 1. The monoisotopic (exact) mass is 357 g/mol. The van der Waals surface area contributed by atoms with Crippen molar-refractivity contribution in [1.29, 1.82) is 0 Å². The zero-order valence-electron chi connectivity index (χ0n) is 14.0. The molecule has 0 fully saturated rings. The van der Waals surface area contributed by atoms with E-state index in [1.807, 2.05) is 6.07 Å². The summed E-state index contributed by atoms with van der Waals surface area (Å²) in [4.78, 5) is 0. The van der Waals surface area contributed by atoms with Crippen LogP contribution in [-0.4, -0.2) is 26.8 Å². The third-order valence-corrected chi connectivity index (χ3v) is 4.52. The Bertz CT molecular complexity index is 455. The van der Waals surface area contributed by atoms with Crippen molar-refractivity contribution < 1.29 is 9.47 Å². The van der Waals surface area contributed by atoms with E-state index in [1.165, 1.54) is 5.56 Å². The first-order chi connectivity index (χ1) is 9.85. The fourth-order valence-electron chi connectivity index (χ4n) is 2.54. The van der Waals surface area contributed by atoms with Crippen molar-refractivity contribution in [2.75, 3.05) is 20.8 Å². The standard InChI is InChI=1S/C17H28BrNO2/c1-7-19-14(17(2,3)4)11-9-12-8-10-13(20-5)15(18)16(12)21-6/h8,10,14,19H,7,9,11H2,1-6H3. The van der Waals surface area contributed by atoms with E-state index in [-0.39, 0.29) is 5.41 Å². The molecule has 21 heavy (non-hydrogen) atoms. The highest BCUT2D eigenvalue weighted by molar-refractivity contribution is 9.10. The molecule has 1 N–H and O–H groups in total. The molecule has 4 heteroatoms. The number of rotatable bonds is 7. The van der Waals surface area contributed by atoms with Gasteiger partial charge in [-0.15, -0.1) is 0 Å². The highest BCUT2D eigenvalue weighted by Crippen LogP contribution is 2.38. The van der Waals surface area contributed by atoms with Gasteiger partial charge in [-0.3, -0.25) is 0 Å². The maximum Gasteiger partial charge on any atom is 0.139 e. The van der Waals surface area contributed by atoms with E-state index in [0.717, 1.165) is 35.4 Å². The summed E-state index contributed by atoms with van der Waals surface area (Å²) in [7, 11) is 3.37. The lowest BCUT2D eigenvalue weighted by molar-refractivity contribution is 0.257. The lowest BCUT2D eigenvalue weighted by Gasteiger charge is -2.31. The molecule has 1 aromatic rings. The van der Waals surface area contributed by atoms with Crippen LogP contribution >= 0.6 is 15.9 Å². The summed E-state index contributed by atoms with van der Waals surface area (Å²) in [6.45, 7) is 9.99. The SMILES string of the molecule is CCNC(CCc1ccc(OC)c(Br)c1OC)C(C)(C)C. The molecule has 1 unspecified atom stereocenters. The Labute approximate surface area is 137 Å². The van der Waals surface area contributed by atoms with Crippen molar-refractivity contribution in [2.24, 2.45) is 5.41 Å². The molecule has 0 radical (unpaired) electrons. The quantitative estimate of drug-likeness (QED) is 0.783. The lowest BCUT2D eigenvalue weighted by atomic mass is 9.83. The van der Waals surface area contributed by atoms with Gasteiger partial charge < -0.3 is 14.8 Å². The normalized spacial score (nSPS) is 13.1. The number of ether oxygens (including phenoxy) is 2. The number of methoxy groups -OCH3 is 2. The molecule has 1 atom stereocenters. The summed E-state index contributed by atoms with van der Waals surface area (Å²) in [5.74, 6) is 1.67. The van der Waals surface area contributed by atoms with E-state index in [2.05, 4.69) is 55.0 Å². The maximum atomic E-state index is 5.55. The Kier molecular flexibility index (Phi) is 7.01. The highest BCUT2D eigenvalue weighted by atomic mass is 79.9. The van der Waals surface area contributed by atoms with Crippen LogP contribution in [0, 0.1) is 5.41 Å². The molecule has 0 saturated heterocycles.